The summed E-state index contributed by atoms with van der Waals surface area (Å²) in [6.45, 7) is 1.86. The standard InChI is InChI=1S/C13H11Cl2N3OS/c1-8-2-3-9(14)6-11(8)18(20)13(19)17-12-5-4-10(15)7-16-12/h2-7,20H,1H3,(H,16,17,19). The minimum Gasteiger partial charge on any atom is -0.291 e. The van der Waals surface area contributed by atoms with E-state index in [1.807, 2.05) is 13.0 Å². The van der Waals surface area contributed by atoms with E-state index in [1.54, 1.807) is 24.3 Å². The number of thiol groups is 1. The van der Waals surface area contributed by atoms with Crippen LogP contribution in [0, 0.1) is 6.92 Å². The molecule has 2 aromatic rings. The summed E-state index contributed by atoms with van der Waals surface area (Å²) < 4.78 is 1.18. The molecule has 0 aliphatic rings. The normalized spacial score (nSPS) is 10.2. The summed E-state index contributed by atoms with van der Waals surface area (Å²) in [7, 11) is 0. The lowest BCUT2D eigenvalue weighted by atomic mass is 10.2. The Morgan fingerprint density at radius 1 is 1.25 bits per heavy atom. The van der Waals surface area contributed by atoms with Gasteiger partial charge in [-0.1, -0.05) is 42.1 Å². The third-order valence-corrected chi connectivity index (χ3v) is 3.41. The lowest BCUT2D eigenvalue weighted by Crippen LogP contribution is -2.27. The molecule has 104 valence electrons. The number of anilines is 2. The molecule has 0 radical (unpaired) electrons. The van der Waals surface area contributed by atoms with Crippen molar-refractivity contribution in [2.75, 3.05) is 9.62 Å². The van der Waals surface area contributed by atoms with Gasteiger partial charge < -0.3 is 0 Å². The number of rotatable bonds is 2. The molecule has 0 fully saturated rings. The molecule has 1 N–H and O–H groups in total. The predicted octanol–water partition coefficient (Wildman–Crippen LogP) is 4.58. The smallest absolute Gasteiger partial charge is 0.291 e. The summed E-state index contributed by atoms with van der Waals surface area (Å²) in [5.74, 6) is 0.387. The van der Waals surface area contributed by atoms with Gasteiger partial charge in [-0.15, -0.1) is 0 Å². The Morgan fingerprint density at radius 2 is 1.95 bits per heavy atom. The number of hydrogen-bond acceptors (Lipinski definition) is 3. The second-order valence-electron chi connectivity index (χ2n) is 4.03. The molecule has 1 aromatic heterocycles. The van der Waals surface area contributed by atoms with Gasteiger partial charge in [-0.2, -0.15) is 0 Å². The van der Waals surface area contributed by atoms with Gasteiger partial charge in [0.1, 0.15) is 5.82 Å². The first-order valence-electron chi connectivity index (χ1n) is 5.65. The molecular formula is C13H11Cl2N3OS. The quantitative estimate of drug-likeness (QED) is 0.793. The Kier molecular flexibility index (Phi) is 4.75. The molecule has 1 heterocycles. The zero-order valence-electron chi connectivity index (χ0n) is 10.5. The van der Waals surface area contributed by atoms with E-state index in [9.17, 15) is 4.79 Å². The van der Waals surface area contributed by atoms with Gasteiger partial charge in [0.15, 0.2) is 0 Å². The lowest BCUT2D eigenvalue weighted by Gasteiger charge is -2.18. The Morgan fingerprint density at radius 3 is 2.60 bits per heavy atom. The minimum absolute atomic E-state index is 0.387. The van der Waals surface area contributed by atoms with Crippen LogP contribution >= 0.6 is 36.0 Å². The fourth-order valence-corrected chi connectivity index (χ4v) is 2.08. The third kappa shape index (κ3) is 3.56. The van der Waals surface area contributed by atoms with Crippen LogP contribution in [0.5, 0.6) is 0 Å². The van der Waals surface area contributed by atoms with Crippen molar-refractivity contribution in [2.24, 2.45) is 0 Å². The van der Waals surface area contributed by atoms with E-state index in [0.29, 0.717) is 21.6 Å². The molecule has 0 saturated heterocycles. The summed E-state index contributed by atoms with van der Waals surface area (Å²) >= 11 is 15.8. The van der Waals surface area contributed by atoms with E-state index in [-0.39, 0.29) is 0 Å². The predicted molar refractivity (Wildman–Crippen MR) is 85.9 cm³/mol. The number of urea groups is 1. The topological polar surface area (TPSA) is 45.2 Å². The Balaban J connectivity index is 2.16. The average Bonchev–Trinajstić information content (AvgIpc) is 2.43. The number of carbonyl (C=O) groups is 1. The third-order valence-electron chi connectivity index (χ3n) is 2.55. The molecule has 0 aliphatic carbocycles. The molecule has 1 aromatic carbocycles. The molecule has 0 atom stereocenters. The zero-order chi connectivity index (χ0) is 14.7. The molecule has 0 aliphatic heterocycles. The van der Waals surface area contributed by atoms with Crippen molar-refractivity contribution in [3.8, 4) is 0 Å². The van der Waals surface area contributed by atoms with Crippen LogP contribution in [0.2, 0.25) is 10.0 Å². The number of nitrogens with zero attached hydrogens (tertiary/aromatic N) is 2. The minimum atomic E-state index is -0.437. The Hall–Kier alpha value is -1.43. The van der Waals surface area contributed by atoms with Crippen molar-refractivity contribution < 1.29 is 4.79 Å². The van der Waals surface area contributed by atoms with Gasteiger partial charge >= 0.3 is 6.03 Å². The van der Waals surface area contributed by atoms with Crippen LogP contribution in [0.15, 0.2) is 36.5 Å². The van der Waals surface area contributed by atoms with Crippen LogP contribution in [0.25, 0.3) is 0 Å². The molecule has 2 rings (SSSR count). The number of aryl methyl sites for hydroxylation is 1. The van der Waals surface area contributed by atoms with Gasteiger partial charge in [0.05, 0.1) is 10.7 Å². The molecule has 7 heteroatoms. The number of aromatic nitrogens is 1. The van der Waals surface area contributed by atoms with Crippen LogP contribution in [-0.4, -0.2) is 11.0 Å². The van der Waals surface area contributed by atoms with Crippen LogP contribution in [-0.2, 0) is 0 Å². The van der Waals surface area contributed by atoms with Gasteiger partial charge in [0, 0.05) is 11.2 Å². The van der Waals surface area contributed by atoms with Gasteiger partial charge in [-0.05, 0) is 36.8 Å². The number of halogens is 2. The van der Waals surface area contributed by atoms with Crippen LogP contribution in [0.1, 0.15) is 5.56 Å². The fourth-order valence-electron chi connectivity index (χ4n) is 1.53. The molecule has 0 saturated carbocycles. The maximum absolute atomic E-state index is 12.1. The SMILES string of the molecule is Cc1ccc(Cl)cc1N(S)C(=O)Nc1ccc(Cl)cn1. The van der Waals surface area contributed by atoms with E-state index in [4.69, 9.17) is 23.2 Å². The largest absolute Gasteiger partial charge is 0.337 e. The second-order valence-corrected chi connectivity index (χ2v) is 5.31. The molecule has 2 amide bonds. The summed E-state index contributed by atoms with van der Waals surface area (Å²) in [5, 5.41) is 3.64. The van der Waals surface area contributed by atoms with Crippen molar-refractivity contribution in [3.63, 3.8) is 0 Å². The number of carbonyl (C=O) groups excluding carboxylic acids is 1. The fraction of sp³-hybridized carbons (Fsp3) is 0.0769. The average molecular weight is 328 g/mol. The monoisotopic (exact) mass is 327 g/mol. The number of nitrogens with one attached hydrogen (secondary N) is 1. The Labute approximate surface area is 132 Å². The highest BCUT2D eigenvalue weighted by molar-refractivity contribution is 7.82. The lowest BCUT2D eigenvalue weighted by molar-refractivity contribution is 0.260. The number of pyridine rings is 1. The van der Waals surface area contributed by atoms with Gasteiger partial charge in [0.2, 0.25) is 0 Å². The van der Waals surface area contributed by atoms with Crippen LogP contribution < -0.4 is 9.62 Å². The first-order chi connectivity index (χ1) is 9.47. The molecule has 4 nitrogen and oxygen atoms in total. The van der Waals surface area contributed by atoms with Crippen LogP contribution in [0.4, 0.5) is 16.3 Å². The maximum atomic E-state index is 12.1. The number of hydrogen-bond donors (Lipinski definition) is 2. The molecule has 20 heavy (non-hydrogen) atoms. The van der Waals surface area contributed by atoms with Gasteiger partial charge in [0.25, 0.3) is 0 Å². The first-order valence-corrected chi connectivity index (χ1v) is 6.80. The summed E-state index contributed by atoms with van der Waals surface area (Å²) in [5.41, 5.74) is 1.48. The first kappa shape index (κ1) is 15.0. The van der Waals surface area contributed by atoms with Crippen molar-refractivity contribution in [2.45, 2.75) is 6.92 Å². The molecular weight excluding hydrogens is 317 g/mol. The summed E-state index contributed by atoms with van der Waals surface area (Å²) in [6, 6.07) is 8.03. The van der Waals surface area contributed by atoms with E-state index in [2.05, 4.69) is 23.1 Å². The van der Waals surface area contributed by atoms with Crippen molar-refractivity contribution in [1.82, 2.24) is 4.98 Å². The van der Waals surface area contributed by atoms with E-state index in [1.165, 1.54) is 10.5 Å². The Bertz CT molecular complexity index is 634. The van der Waals surface area contributed by atoms with E-state index >= 15 is 0 Å². The van der Waals surface area contributed by atoms with Crippen molar-refractivity contribution in [3.05, 3.63) is 52.1 Å². The number of benzene rings is 1. The molecule has 0 bridgehead atoms. The number of amides is 2. The maximum Gasteiger partial charge on any atom is 0.337 e. The second kappa shape index (κ2) is 6.35. The van der Waals surface area contributed by atoms with Crippen molar-refractivity contribution >= 4 is 53.6 Å². The highest BCUT2D eigenvalue weighted by Crippen LogP contribution is 2.26. The van der Waals surface area contributed by atoms with E-state index in [0.717, 1.165) is 5.56 Å². The van der Waals surface area contributed by atoms with E-state index < -0.39 is 6.03 Å². The highest BCUT2D eigenvalue weighted by atomic mass is 35.5. The van der Waals surface area contributed by atoms with Crippen molar-refractivity contribution in [1.29, 1.82) is 0 Å². The molecule has 0 spiro atoms. The molecule has 0 unspecified atom stereocenters. The van der Waals surface area contributed by atoms with Gasteiger partial charge in [-0.25, -0.2) is 14.1 Å². The highest BCUT2D eigenvalue weighted by Gasteiger charge is 2.15. The zero-order valence-corrected chi connectivity index (χ0v) is 12.9. The summed E-state index contributed by atoms with van der Waals surface area (Å²) in [6.07, 6.45) is 1.45. The van der Waals surface area contributed by atoms with Crippen LogP contribution in [0.3, 0.4) is 0 Å². The van der Waals surface area contributed by atoms with Gasteiger partial charge in [-0.3, -0.25) is 5.32 Å². The summed E-state index contributed by atoms with van der Waals surface area (Å²) in [4.78, 5) is 16.1.